The SMILES string of the molecule is CC=C=CC(C)(C)COCc1ccccc1. The van der Waals surface area contributed by atoms with Gasteiger partial charge in [-0.05, 0) is 24.6 Å². The second-order valence-electron chi connectivity index (χ2n) is 4.57. The Balaban J connectivity index is 2.38. The van der Waals surface area contributed by atoms with E-state index in [4.69, 9.17) is 4.74 Å². The fourth-order valence-electron chi connectivity index (χ4n) is 1.36. The molecule has 0 aliphatic rings. The standard InChI is InChI=1S/C15H20O/c1-4-5-11-15(2,3)13-16-12-14-9-7-6-8-10-14/h4,6-11H,12-13H2,1-3H3. The Kier molecular flexibility index (Phi) is 5.04. The molecule has 0 saturated carbocycles. The maximum Gasteiger partial charge on any atom is 0.0717 e. The number of ether oxygens (including phenoxy) is 1. The molecule has 0 radical (unpaired) electrons. The summed E-state index contributed by atoms with van der Waals surface area (Å²) in [5, 5.41) is 0. The number of hydrogen-bond donors (Lipinski definition) is 0. The molecule has 86 valence electrons. The van der Waals surface area contributed by atoms with Gasteiger partial charge >= 0.3 is 0 Å². The molecule has 1 heteroatoms. The maximum atomic E-state index is 5.70. The van der Waals surface area contributed by atoms with E-state index in [1.807, 2.05) is 31.2 Å². The molecule has 0 atom stereocenters. The fraction of sp³-hybridized carbons (Fsp3) is 0.400. The van der Waals surface area contributed by atoms with Crippen LogP contribution in [0.25, 0.3) is 0 Å². The molecule has 0 heterocycles. The minimum Gasteiger partial charge on any atom is -0.376 e. The molecule has 1 rings (SSSR count). The van der Waals surface area contributed by atoms with Crippen LogP contribution < -0.4 is 0 Å². The number of benzene rings is 1. The molecule has 1 aromatic carbocycles. The Hall–Kier alpha value is -1.30. The zero-order chi connectivity index (χ0) is 11.9. The normalized spacial score (nSPS) is 10.7. The molecule has 0 N–H and O–H groups in total. The molecule has 0 amide bonds. The summed E-state index contributed by atoms with van der Waals surface area (Å²) < 4.78 is 5.70. The predicted octanol–water partition coefficient (Wildman–Crippen LogP) is 3.96. The minimum absolute atomic E-state index is 0.0429. The van der Waals surface area contributed by atoms with Crippen molar-refractivity contribution in [3.63, 3.8) is 0 Å². The second-order valence-corrected chi connectivity index (χ2v) is 4.57. The third-order valence-corrected chi connectivity index (χ3v) is 2.23. The van der Waals surface area contributed by atoms with Crippen LogP contribution in [0.4, 0.5) is 0 Å². The molecule has 0 spiro atoms. The van der Waals surface area contributed by atoms with Crippen molar-refractivity contribution in [1.29, 1.82) is 0 Å². The predicted molar refractivity (Wildman–Crippen MR) is 68.2 cm³/mol. The van der Waals surface area contributed by atoms with Crippen molar-refractivity contribution in [3.05, 3.63) is 53.8 Å². The molecule has 16 heavy (non-hydrogen) atoms. The van der Waals surface area contributed by atoms with Crippen LogP contribution in [-0.2, 0) is 11.3 Å². The van der Waals surface area contributed by atoms with Crippen molar-refractivity contribution < 1.29 is 4.74 Å². The van der Waals surface area contributed by atoms with Crippen molar-refractivity contribution in [3.8, 4) is 0 Å². The monoisotopic (exact) mass is 216 g/mol. The molecule has 0 aliphatic heterocycles. The lowest BCUT2D eigenvalue weighted by molar-refractivity contribution is 0.0718. The van der Waals surface area contributed by atoms with Crippen LogP contribution >= 0.6 is 0 Å². The first-order valence-electron chi connectivity index (χ1n) is 5.64. The Bertz CT molecular complexity index is 356. The fourth-order valence-corrected chi connectivity index (χ4v) is 1.36. The van der Waals surface area contributed by atoms with E-state index in [0.29, 0.717) is 13.2 Å². The van der Waals surface area contributed by atoms with Gasteiger partial charge in [0.25, 0.3) is 0 Å². The third kappa shape index (κ3) is 4.97. The molecule has 0 fully saturated rings. The Morgan fingerprint density at radius 3 is 2.56 bits per heavy atom. The van der Waals surface area contributed by atoms with Crippen LogP contribution in [0.1, 0.15) is 26.3 Å². The molecule has 0 aromatic heterocycles. The quantitative estimate of drug-likeness (QED) is 0.677. The smallest absolute Gasteiger partial charge is 0.0717 e. The van der Waals surface area contributed by atoms with Crippen LogP contribution in [-0.4, -0.2) is 6.61 Å². The van der Waals surface area contributed by atoms with Gasteiger partial charge in [-0.25, -0.2) is 0 Å². The largest absolute Gasteiger partial charge is 0.376 e. The highest BCUT2D eigenvalue weighted by molar-refractivity contribution is 5.13. The lowest BCUT2D eigenvalue weighted by Crippen LogP contribution is -2.16. The first-order valence-corrected chi connectivity index (χ1v) is 5.64. The number of rotatable bonds is 5. The van der Waals surface area contributed by atoms with Crippen molar-refractivity contribution in [2.45, 2.75) is 27.4 Å². The first kappa shape index (κ1) is 12.8. The van der Waals surface area contributed by atoms with Gasteiger partial charge in [0.05, 0.1) is 13.2 Å². The van der Waals surface area contributed by atoms with Gasteiger partial charge in [-0.15, -0.1) is 5.73 Å². The van der Waals surface area contributed by atoms with Crippen molar-refractivity contribution in [1.82, 2.24) is 0 Å². The maximum absolute atomic E-state index is 5.70. The molecule has 0 saturated heterocycles. The molecule has 0 bridgehead atoms. The van der Waals surface area contributed by atoms with E-state index >= 15 is 0 Å². The summed E-state index contributed by atoms with van der Waals surface area (Å²) in [5.74, 6) is 0. The zero-order valence-corrected chi connectivity index (χ0v) is 10.4. The van der Waals surface area contributed by atoms with Gasteiger partial charge < -0.3 is 4.74 Å². The van der Waals surface area contributed by atoms with Crippen LogP contribution in [0.3, 0.4) is 0 Å². The van der Waals surface area contributed by atoms with Gasteiger partial charge in [-0.2, -0.15) is 0 Å². The van der Waals surface area contributed by atoms with Gasteiger partial charge in [-0.3, -0.25) is 0 Å². The second kappa shape index (κ2) is 6.32. The minimum atomic E-state index is 0.0429. The summed E-state index contributed by atoms with van der Waals surface area (Å²) in [6.45, 7) is 7.65. The highest BCUT2D eigenvalue weighted by atomic mass is 16.5. The molecule has 0 aliphatic carbocycles. The van der Waals surface area contributed by atoms with E-state index in [0.717, 1.165) is 0 Å². The Morgan fingerprint density at radius 2 is 1.94 bits per heavy atom. The van der Waals surface area contributed by atoms with E-state index in [1.165, 1.54) is 5.56 Å². The molecule has 0 unspecified atom stereocenters. The summed E-state index contributed by atoms with van der Waals surface area (Å²) in [6, 6.07) is 10.2. The van der Waals surface area contributed by atoms with E-state index in [-0.39, 0.29) is 5.41 Å². The zero-order valence-electron chi connectivity index (χ0n) is 10.4. The Morgan fingerprint density at radius 1 is 1.25 bits per heavy atom. The highest BCUT2D eigenvalue weighted by Gasteiger charge is 2.13. The van der Waals surface area contributed by atoms with Gasteiger partial charge in [0, 0.05) is 5.41 Å². The first-order chi connectivity index (χ1) is 7.64. The number of hydrogen-bond acceptors (Lipinski definition) is 1. The summed E-state index contributed by atoms with van der Waals surface area (Å²) in [7, 11) is 0. The average molecular weight is 216 g/mol. The van der Waals surface area contributed by atoms with Crippen LogP contribution in [0.2, 0.25) is 0 Å². The van der Waals surface area contributed by atoms with E-state index in [2.05, 4.69) is 37.8 Å². The molecular weight excluding hydrogens is 196 g/mol. The lowest BCUT2D eigenvalue weighted by Gasteiger charge is -2.18. The molecule has 1 nitrogen and oxygen atoms in total. The van der Waals surface area contributed by atoms with Gasteiger partial charge in [0.15, 0.2) is 0 Å². The van der Waals surface area contributed by atoms with E-state index < -0.39 is 0 Å². The van der Waals surface area contributed by atoms with Crippen molar-refractivity contribution in [2.24, 2.45) is 5.41 Å². The van der Waals surface area contributed by atoms with E-state index in [1.54, 1.807) is 0 Å². The van der Waals surface area contributed by atoms with Gasteiger partial charge in [-0.1, -0.05) is 44.2 Å². The van der Waals surface area contributed by atoms with E-state index in [9.17, 15) is 0 Å². The van der Waals surface area contributed by atoms with Crippen LogP contribution in [0, 0.1) is 5.41 Å². The average Bonchev–Trinajstić information content (AvgIpc) is 2.28. The van der Waals surface area contributed by atoms with Gasteiger partial charge in [0.1, 0.15) is 0 Å². The molecule has 1 aromatic rings. The highest BCUT2D eigenvalue weighted by Crippen LogP contribution is 2.17. The third-order valence-electron chi connectivity index (χ3n) is 2.23. The van der Waals surface area contributed by atoms with Crippen molar-refractivity contribution in [2.75, 3.05) is 6.61 Å². The topological polar surface area (TPSA) is 9.23 Å². The Labute approximate surface area is 98.5 Å². The summed E-state index contributed by atoms with van der Waals surface area (Å²) in [6.07, 6.45) is 3.97. The van der Waals surface area contributed by atoms with Crippen LogP contribution in [0.5, 0.6) is 0 Å². The summed E-state index contributed by atoms with van der Waals surface area (Å²) in [5.41, 5.74) is 4.37. The van der Waals surface area contributed by atoms with Gasteiger partial charge in [0.2, 0.25) is 0 Å². The lowest BCUT2D eigenvalue weighted by atomic mass is 9.95. The summed E-state index contributed by atoms with van der Waals surface area (Å²) in [4.78, 5) is 0. The molecular formula is C15H20O. The van der Waals surface area contributed by atoms with Crippen LogP contribution in [0.15, 0.2) is 48.2 Å². The van der Waals surface area contributed by atoms with Crippen molar-refractivity contribution >= 4 is 0 Å². The summed E-state index contributed by atoms with van der Waals surface area (Å²) >= 11 is 0.